The number of aliphatic hydroxyl groups excluding tert-OH is 1. The van der Waals surface area contributed by atoms with Crippen LogP contribution in [-0.2, 0) is 4.79 Å². The third-order valence-electron chi connectivity index (χ3n) is 3.15. The molecule has 128 valence electrons. The number of benzene rings is 2. The number of hydrogen-bond acceptors (Lipinski definition) is 4. The molecule has 2 N–H and O–H groups in total. The van der Waals surface area contributed by atoms with E-state index >= 15 is 0 Å². The topological polar surface area (TPSA) is 67.8 Å². The van der Waals surface area contributed by atoms with Crippen LogP contribution in [0.5, 0.6) is 11.5 Å². The summed E-state index contributed by atoms with van der Waals surface area (Å²) in [5.74, 6) is 1.04. The van der Waals surface area contributed by atoms with Crippen LogP contribution in [0.2, 0.25) is 0 Å². The van der Waals surface area contributed by atoms with Gasteiger partial charge in [-0.1, -0.05) is 12.1 Å². The molecule has 5 nitrogen and oxygen atoms in total. The van der Waals surface area contributed by atoms with Crippen LogP contribution in [0.3, 0.4) is 0 Å². The molecule has 0 aliphatic rings. The molecule has 0 saturated heterocycles. The molecule has 2 aromatic carbocycles. The molecule has 0 saturated carbocycles. The van der Waals surface area contributed by atoms with Crippen molar-refractivity contribution >= 4 is 28.5 Å². The third-order valence-corrected chi connectivity index (χ3v) is 3.87. The van der Waals surface area contributed by atoms with Gasteiger partial charge in [-0.15, -0.1) is 0 Å². The van der Waals surface area contributed by atoms with Crippen molar-refractivity contribution in [1.29, 1.82) is 0 Å². The van der Waals surface area contributed by atoms with E-state index in [1.807, 2.05) is 43.3 Å². The predicted octanol–water partition coefficient (Wildman–Crippen LogP) is 2.53. The van der Waals surface area contributed by atoms with Gasteiger partial charge < -0.3 is 19.9 Å². The fourth-order valence-corrected chi connectivity index (χ4v) is 2.28. The Morgan fingerprint density at radius 1 is 1.17 bits per heavy atom. The lowest BCUT2D eigenvalue weighted by Crippen LogP contribution is -2.37. The van der Waals surface area contributed by atoms with Gasteiger partial charge in [-0.25, -0.2) is 0 Å². The summed E-state index contributed by atoms with van der Waals surface area (Å²) in [4.78, 5) is 11.7. The summed E-state index contributed by atoms with van der Waals surface area (Å²) in [7, 11) is 0. The average molecular weight is 441 g/mol. The Morgan fingerprint density at radius 3 is 2.62 bits per heavy atom. The minimum absolute atomic E-state index is 0.0912. The van der Waals surface area contributed by atoms with Gasteiger partial charge in [-0.05, 0) is 71.5 Å². The number of rotatable bonds is 8. The van der Waals surface area contributed by atoms with Gasteiger partial charge in [0.15, 0.2) is 6.61 Å². The number of hydrogen-bond donors (Lipinski definition) is 2. The second-order valence-corrected chi connectivity index (χ2v) is 6.57. The standard InChI is InChI=1S/C18H20INO4/c1-13-3-2-4-17(9-13)23-11-15(21)10-20-18(22)12-24-16-7-5-14(19)6-8-16/h2-9,15,21H,10-12H2,1H3,(H,20,22). The normalized spacial score (nSPS) is 11.6. The smallest absolute Gasteiger partial charge is 0.258 e. The lowest BCUT2D eigenvalue weighted by Gasteiger charge is -2.14. The molecule has 2 aromatic rings. The van der Waals surface area contributed by atoms with Gasteiger partial charge in [-0.3, -0.25) is 4.79 Å². The first-order chi connectivity index (χ1) is 11.5. The highest BCUT2D eigenvalue weighted by Crippen LogP contribution is 2.13. The van der Waals surface area contributed by atoms with E-state index in [9.17, 15) is 9.90 Å². The van der Waals surface area contributed by atoms with Gasteiger partial charge in [0.1, 0.15) is 24.2 Å². The quantitative estimate of drug-likeness (QED) is 0.619. The van der Waals surface area contributed by atoms with Gasteiger partial charge in [0, 0.05) is 10.1 Å². The summed E-state index contributed by atoms with van der Waals surface area (Å²) in [6, 6.07) is 15.0. The van der Waals surface area contributed by atoms with Crippen molar-refractivity contribution in [2.45, 2.75) is 13.0 Å². The molecule has 0 aromatic heterocycles. The van der Waals surface area contributed by atoms with Crippen LogP contribution in [0.25, 0.3) is 0 Å². The number of nitrogens with one attached hydrogen (secondary N) is 1. The SMILES string of the molecule is Cc1cccc(OCC(O)CNC(=O)COc2ccc(I)cc2)c1. The van der Waals surface area contributed by atoms with Crippen LogP contribution in [0.1, 0.15) is 5.56 Å². The van der Waals surface area contributed by atoms with Crippen molar-refractivity contribution in [3.8, 4) is 11.5 Å². The van der Waals surface area contributed by atoms with E-state index in [4.69, 9.17) is 9.47 Å². The first-order valence-electron chi connectivity index (χ1n) is 7.55. The summed E-state index contributed by atoms with van der Waals surface area (Å²) in [6.07, 6.45) is -0.784. The fourth-order valence-electron chi connectivity index (χ4n) is 1.92. The average Bonchev–Trinajstić information content (AvgIpc) is 2.57. The Morgan fingerprint density at radius 2 is 1.92 bits per heavy atom. The lowest BCUT2D eigenvalue weighted by molar-refractivity contribution is -0.123. The number of aliphatic hydroxyl groups is 1. The van der Waals surface area contributed by atoms with Crippen LogP contribution >= 0.6 is 22.6 Å². The second-order valence-electron chi connectivity index (χ2n) is 5.33. The predicted molar refractivity (Wildman–Crippen MR) is 100 cm³/mol. The first kappa shape index (κ1) is 18.5. The van der Waals surface area contributed by atoms with Crippen molar-refractivity contribution in [3.63, 3.8) is 0 Å². The van der Waals surface area contributed by atoms with Crippen LogP contribution < -0.4 is 14.8 Å². The zero-order valence-corrected chi connectivity index (χ0v) is 15.5. The van der Waals surface area contributed by atoms with Crippen LogP contribution in [-0.4, -0.2) is 36.9 Å². The van der Waals surface area contributed by atoms with Gasteiger partial charge in [0.2, 0.25) is 0 Å². The van der Waals surface area contributed by atoms with E-state index < -0.39 is 6.10 Å². The molecular formula is C18H20INO4. The molecule has 0 fully saturated rings. The molecule has 0 bridgehead atoms. The molecule has 2 rings (SSSR count). The molecular weight excluding hydrogens is 421 g/mol. The Balaban J connectivity index is 1.64. The van der Waals surface area contributed by atoms with Gasteiger partial charge >= 0.3 is 0 Å². The second kappa shape index (κ2) is 9.48. The molecule has 0 radical (unpaired) electrons. The highest BCUT2D eigenvalue weighted by Gasteiger charge is 2.09. The molecule has 1 unspecified atom stereocenters. The Kier molecular flexibility index (Phi) is 7.33. The van der Waals surface area contributed by atoms with Crippen molar-refractivity contribution in [1.82, 2.24) is 5.32 Å². The van der Waals surface area contributed by atoms with E-state index in [-0.39, 0.29) is 25.7 Å². The summed E-state index contributed by atoms with van der Waals surface area (Å²) >= 11 is 2.20. The largest absolute Gasteiger partial charge is 0.491 e. The molecule has 0 aliphatic heterocycles. The Labute approximate surface area is 155 Å². The summed E-state index contributed by atoms with van der Waals surface area (Å²) < 4.78 is 12.0. The van der Waals surface area contributed by atoms with Crippen LogP contribution in [0.4, 0.5) is 0 Å². The number of carbonyl (C=O) groups is 1. The number of halogens is 1. The zero-order valence-electron chi connectivity index (χ0n) is 13.4. The van der Waals surface area contributed by atoms with E-state index in [0.29, 0.717) is 11.5 Å². The molecule has 0 spiro atoms. The highest BCUT2D eigenvalue weighted by atomic mass is 127. The molecule has 0 aliphatic carbocycles. The van der Waals surface area contributed by atoms with Crippen molar-refractivity contribution in [2.24, 2.45) is 0 Å². The maximum Gasteiger partial charge on any atom is 0.258 e. The number of ether oxygens (including phenoxy) is 2. The van der Waals surface area contributed by atoms with E-state index in [1.54, 1.807) is 12.1 Å². The monoisotopic (exact) mass is 441 g/mol. The maximum absolute atomic E-state index is 11.7. The van der Waals surface area contributed by atoms with Crippen LogP contribution in [0.15, 0.2) is 48.5 Å². The molecule has 6 heteroatoms. The van der Waals surface area contributed by atoms with E-state index in [2.05, 4.69) is 27.9 Å². The summed E-state index contributed by atoms with van der Waals surface area (Å²) in [5, 5.41) is 12.5. The van der Waals surface area contributed by atoms with Crippen LogP contribution in [0, 0.1) is 10.5 Å². The molecule has 1 amide bonds. The highest BCUT2D eigenvalue weighted by molar-refractivity contribution is 14.1. The number of amides is 1. The summed E-state index contributed by atoms with van der Waals surface area (Å²) in [5.41, 5.74) is 1.09. The lowest BCUT2D eigenvalue weighted by atomic mass is 10.2. The minimum Gasteiger partial charge on any atom is -0.491 e. The summed E-state index contributed by atoms with van der Waals surface area (Å²) in [6.45, 7) is 2.10. The molecule has 0 heterocycles. The zero-order chi connectivity index (χ0) is 17.4. The van der Waals surface area contributed by atoms with Gasteiger partial charge in [0.05, 0.1) is 0 Å². The molecule has 24 heavy (non-hydrogen) atoms. The van der Waals surface area contributed by atoms with Crippen molar-refractivity contribution < 1.29 is 19.4 Å². The van der Waals surface area contributed by atoms with Gasteiger partial charge in [-0.2, -0.15) is 0 Å². The number of aryl methyl sites for hydroxylation is 1. The van der Waals surface area contributed by atoms with Gasteiger partial charge in [0.25, 0.3) is 5.91 Å². The fraction of sp³-hybridized carbons (Fsp3) is 0.278. The molecule has 1 atom stereocenters. The number of carbonyl (C=O) groups excluding carboxylic acids is 1. The minimum atomic E-state index is -0.784. The van der Waals surface area contributed by atoms with E-state index in [0.717, 1.165) is 9.13 Å². The van der Waals surface area contributed by atoms with Crippen molar-refractivity contribution in [3.05, 3.63) is 57.7 Å². The van der Waals surface area contributed by atoms with E-state index in [1.165, 1.54) is 0 Å². The third kappa shape index (κ3) is 6.76. The first-order valence-corrected chi connectivity index (χ1v) is 8.63. The Bertz CT molecular complexity index is 660. The van der Waals surface area contributed by atoms with Crippen molar-refractivity contribution in [2.75, 3.05) is 19.8 Å². The maximum atomic E-state index is 11.7. The Hall–Kier alpha value is -1.80.